The van der Waals surface area contributed by atoms with Crippen LogP contribution in [0.3, 0.4) is 0 Å². The van der Waals surface area contributed by atoms with E-state index in [9.17, 15) is 0 Å². The fourth-order valence-electron chi connectivity index (χ4n) is 2.91. The minimum Gasteiger partial charge on any atom is -0.454 e. The minimum atomic E-state index is 0.623. The number of hydrogen-bond acceptors (Lipinski definition) is 6. The van der Waals surface area contributed by atoms with E-state index < -0.39 is 0 Å². The number of nitrogens with zero attached hydrogens (tertiary/aromatic N) is 4. The summed E-state index contributed by atoms with van der Waals surface area (Å²) in [5, 5.41) is 2.90. The lowest BCUT2D eigenvalue weighted by molar-refractivity contribution is 0.500. The van der Waals surface area contributed by atoms with Gasteiger partial charge in [-0.05, 0) is 48.5 Å². The van der Waals surface area contributed by atoms with Crippen LogP contribution in [0.2, 0.25) is 0 Å². The monoisotopic (exact) mass is 392 g/mol. The van der Waals surface area contributed by atoms with Crippen molar-refractivity contribution in [1.29, 1.82) is 0 Å². The van der Waals surface area contributed by atoms with Crippen molar-refractivity contribution in [2.45, 2.75) is 0 Å². The summed E-state index contributed by atoms with van der Waals surface area (Å²) in [5.74, 6) is 0. The summed E-state index contributed by atoms with van der Waals surface area (Å²) in [7, 11) is 0. The first-order valence-corrected chi connectivity index (χ1v) is 9.37. The average Bonchev–Trinajstić information content (AvgIpc) is 3.43. The summed E-state index contributed by atoms with van der Waals surface area (Å²) in [5.41, 5.74) is 2.49. The Morgan fingerprint density at radius 2 is 0.633 bits per heavy atom. The molecule has 5 rings (SSSR count). The van der Waals surface area contributed by atoms with Crippen LogP contribution in [0.1, 0.15) is 0 Å². The van der Waals surface area contributed by atoms with E-state index in [1.54, 1.807) is 24.8 Å². The summed E-state index contributed by atoms with van der Waals surface area (Å²) >= 11 is 0. The second-order valence-corrected chi connectivity index (χ2v) is 6.49. The van der Waals surface area contributed by atoms with Gasteiger partial charge in [-0.1, -0.05) is 24.3 Å². The molecule has 6 nitrogen and oxygen atoms in total. The lowest BCUT2D eigenvalue weighted by Gasteiger charge is -1.87. The molecule has 0 atom stereocenters. The Bertz CT molecular complexity index is 1460. The van der Waals surface area contributed by atoms with Crippen LogP contribution in [-0.2, 0) is 0 Å². The average molecular weight is 392 g/mol. The molecular formula is C24H16N4O2. The normalized spacial score (nSPS) is 17.3. The van der Waals surface area contributed by atoms with Gasteiger partial charge in [-0.2, -0.15) is 0 Å². The van der Waals surface area contributed by atoms with Crippen molar-refractivity contribution in [3.63, 3.8) is 0 Å². The number of hydrogen-bond donors (Lipinski definition) is 0. The summed E-state index contributed by atoms with van der Waals surface area (Å²) in [6, 6.07) is 22.6. The fourth-order valence-corrected chi connectivity index (χ4v) is 2.91. The van der Waals surface area contributed by atoms with E-state index in [0.29, 0.717) is 21.7 Å². The van der Waals surface area contributed by atoms with E-state index in [1.165, 1.54) is 0 Å². The first-order chi connectivity index (χ1) is 14.8. The van der Waals surface area contributed by atoms with Crippen LogP contribution >= 0.6 is 0 Å². The van der Waals surface area contributed by atoms with Crippen molar-refractivity contribution in [3.05, 3.63) is 116 Å². The first kappa shape index (κ1) is 17.8. The summed E-state index contributed by atoms with van der Waals surface area (Å²) < 4.78 is 11.6. The molecule has 1 aliphatic heterocycles. The molecule has 0 saturated heterocycles. The van der Waals surface area contributed by atoms with Gasteiger partial charge in [-0.15, -0.1) is 0 Å². The number of fused-ring (bicyclic) bond motifs is 6. The van der Waals surface area contributed by atoms with E-state index in [4.69, 9.17) is 8.83 Å². The minimum absolute atomic E-state index is 0.623. The van der Waals surface area contributed by atoms with Crippen LogP contribution in [0.15, 0.2) is 102 Å². The van der Waals surface area contributed by atoms with E-state index >= 15 is 0 Å². The Kier molecular flexibility index (Phi) is 4.72. The molecule has 0 amide bonds. The van der Waals surface area contributed by atoms with Gasteiger partial charge in [-0.3, -0.25) is 20.0 Å². The first-order valence-electron chi connectivity index (χ1n) is 9.37. The molecule has 2 aromatic heterocycles. The number of para-hydroxylation sites is 4. The smallest absolute Gasteiger partial charge is 0.145 e. The quantitative estimate of drug-likeness (QED) is 0.401. The maximum Gasteiger partial charge on any atom is 0.145 e. The van der Waals surface area contributed by atoms with Crippen molar-refractivity contribution in [2.75, 3.05) is 0 Å². The molecular weight excluding hydrogens is 376 g/mol. The van der Waals surface area contributed by atoms with Crippen molar-refractivity contribution in [3.8, 4) is 0 Å². The lowest BCUT2D eigenvalue weighted by Crippen LogP contribution is -2.24. The highest BCUT2D eigenvalue weighted by Gasteiger charge is 1.91. The predicted octanol–water partition coefficient (Wildman–Crippen LogP) is -0.583. The van der Waals surface area contributed by atoms with Gasteiger partial charge in [0, 0.05) is 0 Å². The molecule has 6 heteroatoms. The Morgan fingerprint density at radius 3 is 0.900 bits per heavy atom. The van der Waals surface area contributed by atoms with Crippen molar-refractivity contribution < 1.29 is 8.83 Å². The molecule has 0 unspecified atom stereocenters. The molecule has 30 heavy (non-hydrogen) atoms. The highest BCUT2D eigenvalue weighted by atomic mass is 16.3. The van der Waals surface area contributed by atoms with Crippen LogP contribution in [0, 0.1) is 0 Å². The molecule has 1 aliphatic rings. The van der Waals surface area contributed by atoms with Gasteiger partial charge >= 0.3 is 0 Å². The van der Waals surface area contributed by atoms with Crippen molar-refractivity contribution >= 4 is 24.8 Å². The van der Waals surface area contributed by atoms with E-state index in [-0.39, 0.29) is 0 Å². The largest absolute Gasteiger partial charge is 0.454 e. The van der Waals surface area contributed by atoms with E-state index in [2.05, 4.69) is 20.0 Å². The van der Waals surface area contributed by atoms with Crippen LogP contribution in [0.5, 0.6) is 0 Å². The Hall–Kier alpha value is -4.32. The molecule has 0 spiro atoms. The lowest BCUT2D eigenvalue weighted by atomic mass is 10.3. The van der Waals surface area contributed by atoms with Gasteiger partial charge in [0.25, 0.3) is 0 Å². The zero-order chi connectivity index (χ0) is 20.2. The third-order valence-corrected chi connectivity index (χ3v) is 4.38. The topological polar surface area (TPSA) is 75.7 Å². The second-order valence-electron chi connectivity index (χ2n) is 6.49. The Balaban J connectivity index is 1.83. The molecule has 0 saturated carbocycles. The van der Waals surface area contributed by atoms with Crippen LogP contribution in [0.25, 0.3) is 24.8 Å². The molecule has 3 heterocycles. The van der Waals surface area contributed by atoms with Gasteiger partial charge in [0.2, 0.25) is 0 Å². The fraction of sp³-hybridized carbons (Fsp3) is 0. The van der Waals surface area contributed by atoms with Crippen LogP contribution in [0.4, 0.5) is 0 Å². The molecule has 0 aliphatic carbocycles. The third-order valence-electron chi connectivity index (χ3n) is 4.38. The maximum absolute atomic E-state index is 5.79. The van der Waals surface area contributed by atoms with Gasteiger partial charge in [0.15, 0.2) is 0 Å². The SMILES string of the molecule is C1=c2/cc/c(o2)=C/N=c2ccccc2=N/C=c2/cc/c(o2)=C/N=c2ccccc2=N/1. The molecule has 0 radical (unpaired) electrons. The van der Waals surface area contributed by atoms with Gasteiger partial charge in [0.1, 0.15) is 21.7 Å². The molecule has 144 valence electrons. The molecule has 0 N–H and O–H groups in total. The Labute approximate surface area is 169 Å². The number of furan rings is 2. The van der Waals surface area contributed by atoms with Crippen molar-refractivity contribution in [1.82, 2.24) is 0 Å². The zero-order valence-corrected chi connectivity index (χ0v) is 15.8. The Morgan fingerprint density at radius 1 is 0.367 bits per heavy atom. The van der Waals surface area contributed by atoms with Crippen LogP contribution < -0.4 is 43.1 Å². The summed E-state index contributed by atoms with van der Waals surface area (Å²) in [6.45, 7) is 0. The molecule has 0 fully saturated rings. The third kappa shape index (κ3) is 3.93. The van der Waals surface area contributed by atoms with Crippen LogP contribution in [-0.4, -0.2) is 0 Å². The standard InChI is InChI=1S/C24H16N4O2/c1-2-6-22-21(5-1)25-13-17-9-10-19(29-17)15-27-23-7-3-4-8-24(23)28-16-20-12-11-18(30-20)14-26-22/h1-16H/b17-13-,18-14-,19-15-,20-16-,25-13?,25-21?,26-14?,26-22?,27-15?,27-23?,28-16?,28-24?. The zero-order valence-electron chi connectivity index (χ0n) is 15.8. The molecule has 2 aromatic carbocycles. The van der Waals surface area contributed by atoms with E-state index in [0.717, 1.165) is 21.4 Å². The van der Waals surface area contributed by atoms with Gasteiger partial charge in [-0.25, -0.2) is 0 Å². The highest BCUT2D eigenvalue weighted by Crippen LogP contribution is 1.80. The summed E-state index contributed by atoms with van der Waals surface area (Å²) in [6.07, 6.45) is 6.66. The van der Waals surface area contributed by atoms with Gasteiger partial charge in [0.05, 0.1) is 46.2 Å². The van der Waals surface area contributed by atoms with Gasteiger partial charge < -0.3 is 8.83 Å². The van der Waals surface area contributed by atoms with E-state index in [1.807, 2.05) is 72.8 Å². The van der Waals surface area contributed by atoms with Crippen molar-refractivity contribution in [2.24, 2.45) is 20.0 Å². The molecule has 4 bridgehead atoms. The molecule has 4 aromatic rings. The maximum atomic E-state index is 5.79. The number of benzene rings is 2. The summed E-state index contributed by atoms with van der Waals surface area (Å²) in [4.78, 5) is 18.1. The highest BCUT2D eigenvalue weighted by molar-refractivity contribution is 5.24. The second kappa shape index (κ2) is 7.97. The predicted molar refractivity (Wildman–Crippen MR) is 111 cm³/mol. The number of rotatable bonds is 0.